The number of hydrogen-bond acceptors (Lipinski definition) is 3. The van der Waals surface area contributed by atoms with E-state index in [1.165, 1.54) is 18.2 Å². The number of amides is 1. The number of rotatable bonds is 2. The van der Waals surface area contributed by atoms with Gasteiger partial charge >= 0.3 is 6.09 Å². The summed E-state index contributed by atoms with van der Waals surface area (Å²) in [6, 6.07) is 8.62. The summed E-state index contributed by atoms with van der Waals surface area (Å²) in [5.41, 5.74) is 2.61. The Hall–Kier alpha value is -1.55. The van der Waals surface area contributed by atoms with E-state index in [0.29, 0.717) is 0 Å². The van der Waals surface area contributed by atoms with Crippen molar-refractivity contribution in [3.8, 4) is 0 Å². The Labute approximate surface area is 108 Å². The summed E-state index contributed by atoms with van der Waals surface area (Å²) in [6.45, 7) is 6.36. The second-order valence-electron chi connectivity index (χ2n) is 4.72. The molecule has 1 amide bonds. The predicted molar refractivity (Wildman–Crippen MR) is 70.4 cm³/mol. The molecule has 1 heterocycles. The number of methoxy groups -OCH3 is 1. The molecule has 0 atom stereocenters. The minimum absolute atomic E-state index is 0.218. The van der Waals surface area contributed by atoms with E-state index >= 15 is 0 Å². The highest BCUT2D eigenvalue weighted by atomic mass is 16.5. The van der Waals surface area contributed by atoms with Crippen LogP contribution in [0.2, 0.25) is 0 Å². The van der Waals surface area contributed by atoms with Gasteiger partial charge in [0.15, 0.2) is 0 Å². The molecule has 0 saturated carbocycles. The molecule has 1 saturated heterocycles. The molecule has 0 unspecified atom stereocenters. The maximum atomic E-state index is 11.4. The summed E-state index contributed by atoms with van der Waals surface area (Å²) in [5, 5.41) is 0. The zero-order valence-electron chi connectivity index (χ0n) is 11.1. The number of ether oxygens (including phenoxy) is 1. The molecule has 0 aliphatic carbocycles. The first-order valence-electron chi connectivity index (χ1n) is 6.30. The number of carbonyl (C=O) groups is 1. The molecule has 0 aromatic heterocycles. The number of hydrogen-bond donors (Lipinski definition) is 0. The van der Waals surface area contributed by atoms with E-state index in [0.717, 1.165) is 32.7 Å². The third-order valence-electron chi connectivity index (χ3n) is 3.33. The summed E-state index contributed by atoms with van der Waals surface area (Å²) in [5.74, 6) is 0. The molecule has 4 heteroatoms. The van der Waals surface area contributed by atoms with Crippen LogP contribution < -0.4 is 0 Å². The van der Waals surface area contributed by atoms with Crippen molar-refractivity contribution in [1.29, 1.82) is 0 Å². The molecule has 0 spiro atoms. The minimum Gasteiger partial charge on any atom is -0.453 e. The van der Waals surface area contributed by atoms with Crippen LogP contribution in [0.5, 0.6) is 0 Å². The summed E-state index contributed by atoms with van der Waals surface area (Å²) in [6.07, 6.45) is -0.218. The van der Waals surface area contributed by atoms with Gasteiger partial charge in [-0.25, -0.2) is 4.79 Å². The third-order valence-corrected chi connectivity index (χ3v) is 3.33. The lowest BCUT2D eigenvalue weighted by Gasteiger charge is -2.33. The molecule has 1 aliphatic heterocycles. The number of aryl methyl sites for hydroxylation is 1. The van der Waals surface area contributed by atoms with E-state index in [9.17, 15) is 4.79 Å². The molecule has 0 bridgehead atoms. The first kappa shape index (κ1) is 12.9. The van der Waals surface area contributed by atoms with Crippen molar-refractivity contribution in [3.05, 3.63) is 35.4 Å². The number of carbonyl (C=O) groups excluding carboxylic acids is 1. The van der Waals surface area contributed by atoms with Crippen LogP contribution in [0.3, 0.4) is 0 Å². The first-order valence-corrected chi connectivity index (χ1v) is 6.30. The molecule has 0 radical (unpaired) electrons. The molecular weight excluding hydrogens is 228 g/mol. The third kappa shape index (κ3) is 3.23. The molecule has 1 aromatic rings. The molecule has 1 aliphatic rings. The number of piperazine rings is 1. The van der Waals surface area contributed by atoms with Crippen LogP contribution in [-0.2, 0) is 11.3 Å². The average molecular weight is 248 g/mol. The monoisotopic (exact) mass is 248 g/mol. The second kappa shape index (κ2) is 5.87. The maximum absolute atomic E-state index is 11.4. The fraction of sp³-hybridized carbons (Fsp3) is 0.500. The van der Waals surface area contributed by atoms with Crippen molar-refractivity contribution < 1.29 is 9.53 Å². The van der Waals surface area contributed by atoms with Gasteiger partial charge in [-0.05, 0) is 12.5 Å². The fourth-order valence-corrected chi connectivity index (χ4v) is 2.17. The largest absolute Gasteiger partial charge is 0.453 e. The van der Waals surface area contributed by atoms with Crippen LogP contribution in [-0.4, -0.2) is 49.2 Å². The molecular formula is C14H20N2O2. The lowest BCUT2D eigenvalue weighted by Crippen LogP contribution is -2.48. The average Bonchev–Trinajstić information content (AvgIpc) is 2.41. The summed E-state index contributed by atoms with van der Waals surface area (Å²) in [7, 11) is 1.43. The maximum Gasteiger partial charge on any atom is 0.409 e. The Morgan fingerprint density at radius 1 is 1.17 bits per heavy atom. The van der Waals surface area contributed by atoms with Gasteiger partial charge in [-0.15, -0.1) is 0 Å². The van der Waals surface area contributed by atoms with Gasteiger partial charge in [0.1, 0.15) is 0 Å². The zero-order chi connectivity index (χ0) is 13.0. The van der Waals surface area contributed by atoms with Crippen molar-refractivity contribution in [2.24, 2.45) is 0 Å². The van der Waals surface area contributed by atoms with Gasteiger partial charge in [0.25, 0.3) is 0 Å². The van der Waals surface area contributed by atoms with Gasteiger partial charge in [-0.3, -0.25) is 4.90 Å². The van der Waals surface area contributed by atoms with Crippen LogP contribution in [0.1, 0.15) is 11.1 Å². The Kier molecular flexibility index (Phi) is 4.20. The minimum atomic E-state index is -0.218. The molecule has 2 rings (SSSR count). The SMILES string of the molecule is COC(=O)N1CCN(Cc2ccc(C)cc2)CC1. The van der Waals surface area contributed by atoms with Crippen LogP contribution in [0.4, 0.5) is 4.79 Å². The van der Waals surface area contributed by atoms with Gasteiger partial charge in [-0.2, -0.15) is 0 Å². The van der Waals surface area contributed by atoms with Gasteiger partial charge in [0.05, 0.1) is 7.11 Å². The van der Waals surface area contributed by atoms with E-state index in [4.69, 9.17) is 4.74 Å². The smallest absolute Gasteiger partial charge is 0.409 e. The summed E-state index contributed by atoms with van der Waals surface area (Å²) < 4.78 is 4.72. The van der Waals surface area contributed by atoms with E-state index < -0.39 is 0 Å². The number of nitrogens with zero attached hydrogens (tertiary/aromatic N) is 2. The van der Waals surface area contributed by atoms with Crippen LogP contribution in [0.25, 0.3) is 0 Å². The zero-order valence-corrected chi connectivity index (χ0v) is 11.1. The molecule has 0 N–H and O–H groups in total. The van der Waals surface area contributed by atoms with Gasteiger partial charge in [0.2, 0.25) is 0 Å². The van der Waals surface area contributed by atoms with E-state index in [1.54, 1.807) is 4.90 Å². The molecule has 1 fully saturated rings. The lowest BCUT2D eigenvalue weighted by atomic mass is 10.1. The topological polar surface area (TPSA) is 32.8 Å². The van der Waals surface area contributed by atoms with E-state index in [2.05, 4.69) is 36.1 Å². The van der Waals surface area contributed by atoms with Gasteiger partial charge < -0.3 is 9.64 Å². The van der Waals surface area contributed by atoms with Crippen molar-refractivity contribution >= 4 is 6.09 Å². The highest BCUT2D eigenvalue weighted by Gasteiger charge is 2.21. The highest BCUT2D eigenvalue weighted by Crippen LogP contribution is 2.10. The highest BCUT2D eigenvalue weighted by molar-refractivity contribution is 5.67. The standard InChI is InChI=1S/C14H20N2O2/c1-12-3-5-13(6-4-12)11-15-7-9-16(10-8-15)14(17)18-2/h3-6H,7-11H2,1-2H3. The molecule has 18 heavy (non-hydrogen) atoms. The molecule has 4 nitrogen and oxygen atoms in total. The predicted octanol–water partition coefficient (Wildman–Crippen LogP) is 1.88. The fourth-order valence-electron chi connectivity index (χ4n) is 2.17. The van der Waals surface area contributed by atoms with Crippen molar-refractivity contribution in [2.45, 2.75) is 13.5 Å². The second-order valence-corrected chi connectivity index (χ2v) is 4.72. The van der Waals surface area contributed by atoms with Crippen LogP contribution in [0.15, 0.2) is 24.3 Å². The molecule has 98 valence electrons. The normalized spacial score (nSPS) is 16.7. The van der Waals surface area contributed by atoms with Crippen molar-refractivity contribution in [3.63, 3.8) is 0 Å². The lowest BCUT2D eigenvalue weighted by molar-refractivity contribution is 0.0889. The van der Waals surface area contributed by atoms with Crippen LogP contribution in [0, 0.1) is 6.92 Å². The van der Waals surface area contributed by atoms with Crippen molar-refractivity contribution in [1.82, 2.24) is 9.80 Å². The Bertz CT molecular complexity index is 395. The summed E-state index contributed by atoms with van der Waals surface area (Å²) in [4.78, 5) is 15.5. The molecule has 1 aromatic carbocycles. The van der Waals surface area contributed by atoms with Crippen molar-refractivity contribution in [2.75, 3.05) is 33.3 Å². The quantitative estimate of drug-likeness (QED) is 0.801. The Morgan fingerprint density at radius 3 is 2.33 bits per heavy atom. The first-order chi connectivity index (χ1) is 8.69. The van der Waals surface area contributed by atoms with Gasteiger partial charge in [0, 0.05) is 32.7 Å². The van der Waals surface area contributed by atoms with Crippen LogP contribution >= 0.6 is 0 Å². The summed E-state index contributed by atoms with van der Waals surface area (Å²) >= 11 is 0. The van der Waals surface area contributed by atoms with Gasteiger partial charge in [-0.1, -0.05) is 29.8 Å². The number of benzene rings is 1. The Morgan fingerprint density at radius 2 is 1.78 bits per heavy atom. The van der Waals surface area contributed by atoms with E-state index in [1.807, 2.05) is 0 Å². The Balaban J connectivity index is 1.83. The van der Waals surface area contributed by atoms with E-state index in [-0.39, 0.29) is 6.09 Å².